The topological polar surface area (TPSA) is 40.2 Å². The highest BCUT2D eigenvalue weighted by molar-refractivity contribution is 9.10. The van der Waals surface area contributed by atoms with Crippen molar-refractivity contribution in [2.75, 3.05) is 53.2 Å². The molecule has 2 aromatic rings. The standard InChI is InChI=1S/C25H32BrNO4/c1-28-10-11-29-23-16-21(15-22(26)18-23)14-20-5-8-27(9-6-20)7-4-19-2-3-24-25(17-19)31-13-12-30-24/h2-3,15-18,20H,4-14H2,1H3. The molecule has 0 radical (unpaired) electrons. The van der Waals surface area contributed by atoms with Gasteiger partial charge >= 0.3 is 0 Å². The molecule has 0 bridgehead atoms. The Morgan fingerprint density at radius 1 is 0.968 bits per heavy atom. The van der Waals surface area contributed by atoms with E-state index in [1.54, 1.807) is 7.11 Å². The van der Waals surface area contributed by atoms with Gasteiger partial charge in [-0.05, 0) is 86.1 Å². The smallest absolute Gasteiger partial charge is 0.161 e. The van der Waals surface area contributed by atoms with Crippen LogP contribution in [0.5, 0.6) is 17.2 Å². The molecule has 4 rings (SSSR count). The minimum absolute atomic E-state index is 0.578. The third kappa shape index (κ3) is 6.61. The Balaban J connectivity index is 1.23. The summed E-state index contributed by atoms with van der Waals surface area (Å²) >= 11 is 3.63. The van der Waals surface area contributed by atoms with Crippen molar-refractivity contribution in [3.63, 3.8) is 0 Å². The highest BCUT2D eigenvalue weighted by Crippen LogP contribution is 2.31. The molecule has 5 nitrogen and oxygen atoms in total. The molecule has 0 unspecified atom stereocenters. The lowest BCUT2D eigenvalue weighted by molar-refractivity contribution is 0.146. The van der Waals surface area contributed by atoms with Crippen molar-refractivity contribution in [3.05, 3.63) is 52.0 Å². The van der Waals surface area contributed by atoms with Crippen molar-refractivity contribution in [2.45, 2.75) is 25.7 Å². The van der Waals surface area contributed by atoms with Crippen molar-refractivity contribution in [1.29, 1.82) is 0 Å². The van der Waals surface area contributed by atoms with Crippen LogP contribution in [0.4, 0.5) is 0 Å². The molecule has 2 aromatic carbocycles. The number of piperidine rings is 1. The first-order chi connectivity index (χ1) is 15.2. The number of ether oxygens (including phenoxy) is 4. The molecule has 31 heavy (non-hydrogen) atoms. The van der Waals surface area contributed by atoms with Gasteiger partial charge in [0.15, 0.2) is 11.5 Å². The summed E-state index contributed by atoms with van der Waals surface area (Å²) in [6.45, 7) is 5.90. The average molecular weight is 490 g/mol. The van der Waals surface area contributed by atoms with Crippen LogP contribution < -0.4 is 14.2 Å². The molecule has 0 spiro atoms. The van der Waals surface area contributed by atoms with E-state index in [9.17, 15) is 0 Å². The van der Waals surface area contributed by atoms with Crippen molar-refractivity contribution < 1.29 is 18.9 Å². The second-order valence-electron chi connectivity index (χ2n) is 8.35. The highest BCUT2D eigenvalue weighted by Gasteiger charge is 2.20. The van der Waals surface area contributed by atoms with Crippen LogP contribution in [0.1, 0.15) is 24.0 Å². The summed E-state index contributed by atoms with van der Waals surface area (Å²) in [6.07, 6.45) is 4.65. The Labute approximate surface area is 193 Å². The summed E-state index contributed by atoms with van der Waals surface area (Å²) in [5, 5.41) is 0. The normalized spacial score (nSPS) is 17.0. The van der Waals surface area contributed by atoms with Crippen LogP contribution in [-0.4, -0.2) is 58.1 Å². The zero-order chi connectivity index (χ0) is 21.5. The lowest BCUT2D eigenvalue weighted by atomic mass is 9.90. The second-order valence-corrected chi connectivity index (χ2v) is 9.27. The van der Waals surface area contributed by atoms with Gasteiger partial charge in [-0.1, -0.05) is 22.0 Å². The van der Waals surface area contributed by atoms with E-state index >= 15 is 0 Å². The van der Waals surface area contributed by atoms with E-state index < -0.39 is 0 Å². The Morgan fingerprint density at radius 2 is 1.77 bits per heavy atom. The van der Waals surface area contributed by atoms with Gasteiger partial charge in [-0.15, -0.1) is 0 Å². The highest BCUT2D eigenvalue weighted by atomic mass is 79.9. The Kier molecular flexibility index (Phi) is 8.11. The van der Waals surface area contributed by atoms with Crippen LogP contribution in [0.15, 0.2) is 40.9 Å². The second kappa shape index (κ2) is 11.2. The summed E-state index contributed by atoms with van der Waals surface area (Å²) in [7, 11) is 1.69. The molecule has 2 aliphatic rings. The molecule has 0 atom stereocenters. The molecule has 1 saturated heterocycles. The lowest BCUT2D eigenvalue weighted by Crippen LogP contribution is -2.35. The largest absolute Gasteiger partial charge is 0.491 e. The number of nitrogens with zero attached hydrogens (tertiary/aromatic N) is 1. The molecule has 0 amide bonds. The van der Waals surface area contributed by atoms with Gasteiger partial charge in [0.1, 0.15) is 25.6 Å². The lowest BCUT2D eigenvalue weighted by Gasteiger charge is -2.32. The van der Waals surface area contributed by atoms with E-state index in [0.29, 0.717) is 26.4 Å². The van der Waals surface area contributed by atoms with E-state index in [4.69, 9.17) is 18.9 Å². The first-order valence-corrected chi connectivity index (χ1v) is 12.0. The van der Waals surface area contributed by atoms with Crippen molar-refractivity contribution in [2.24, 2.45) is 5.92 Å². The Morgan fingerprint density at radius 3 is 2.58 bits per heavy atom. The fourth-order valence-electron chi connectivity index (χ4n) is 4.34. The average Bonchev–Trinajstić information content (AvgIpc) is 2.78. The first-order valence-electron chi connectivity index (χ1n) is 11.2. The van der Waals surface area contributed by atoms with E-state index in [-0.39, 0.29) is 0 Å². The van der Waals surface area contributed by atoms with Crippen LogP contribution in [0, 0.1) is 5.92 Å². The first kappa shape index (κ1) is 22.4. The van der Waals surface area contributed by atoms with E-state index in [1.165, 1.54) is 37.1 Å². The number of benzene rings is 2. The summed E-state index contributed by atoms with van der Waals surface area (Å²) < 4.78 is 23.3. The minimum atomic E-state index is 0.578. The van der Waals surface area contributed by atoms with Gasteiger partial charge in [-0.25, -0.2) is 0 Å². The van der Waals surface area contributed by atoms with E-state index in [2.05, 4.69) is 45.1 Å². The number of hydrogen-bond acceptors (Lipinski definition) is 5. The molecule has 6 heteroatoms. The van der Waals surface area contributed by atoms with Crippen LogP contribution in [0.3, 0.4) is 0 Å². The third-order valence-corrected chi connectivity index (χ3v) is 6.50. The summed E-state index contributed by atoms with van der Waals surface area (Å²) in [6, 6.07) is 12.8. The number of halogens is 1. The van der Waals surface area contributed by atoms with Crippen molar-refractivity contribution >= 4 is 15.9 Å². The van der Waals surface area contributed by atoms with Gasteiger partial charge in [0, 0.05) is 18.1 Å². The van der Waals surface area contributed by atoms with Crippen LogP contribution in [0.2, 0.25) is 0 Å². The van der Waals surface area contributed by atoms with E-state index in [1.807, 2.05) is 12.1 Å². The summed E-state index contributed by atoms with van der Waals surface area (Å²) in [5.74, 6) is 3.41. The van der Waals surface area contributed by atoms with Crippen molar-refractivity contribution in [1.82, 2.24) is 4.90 Å². The van der Waals surface area contributed by atoms with Gasteiger partial charge < -0.3 is 23.8 Å². The van der Waals surface area contributed by atoms with Gasteiger partial charge in [0.05, 0.1) is 6.61 Å². The number of likely N-dealkylation sites (tertiary alicyclic amines) is 1. The third-order valence-electron chi connectivity index (χ3n) is 6.04. The molecule has 1 fully saturated rings. The Hall–Kier alpha value is -1.76. The fraction of sp³-hybridized carbons (Fsp3) is 0.520. The van der Waals surface area contributed by atoms with E-state index in [0.717, 1.165) is 47.0 Å². The number of rotatable bonds is 9. The van der Waals surface area contributed by atoms with Crippen LogP contribution in [-0.2, 0) is 17.6 Å². The zero-order valence-electron chi connectivity index (χ0n) is 18.3. The quantitative estimate of drug-likeness (QED) is 0.475. The molecule has 0 N–H and O–H groups in total. The van der Waals surface area contributed by atoms with Gasteiger partial charge in [0.25, 0.3) is 0 Å². The molecule has 2 heterocycles. The molecule has 2 aliphatic heterocycles. The SMILES string of the molecule is COCCOc1cc(Br)cc(CC2CCN(CCc3ccc4c(c3)OCCO4)CC2)c1. The maximum atomic E-state index is 5.80. The van der Waals surface area contributed by atoms with Crippen LogP contribution in [0.25, 0.3) is 0 Å². The number of methoxy groups -OCH3 is 1. The monoisotopic (exact) mass is 489 g/mol. The summed E-state index contributed by atoms with van der Waals surface area (Å²) in [5.41, 5.74) is 2.66. The maximum Gasteiger partial charge on any atom is 0.161 e. The predicted molar refractivity (Wildman–Crippen MR) is 126 cm³/mol. The predicted octanol–water partition coefficient (Wildman–Crippen LogP) is 4.74. The van der Waals surface area contributed by atoms with Gasteiger partial charge in [0.2, 0.25) is 0 Å². The molecular formula is C25H32BrNO4. The van der Waals surface area contributed by atoms with Gasteiger partial charge in [-0.2, -0.15) is 0 Å². The number of fused-ring (bicyclic) bond motifs is 1. The van der Waals surface area contributed by atoms with Gasteiger partial charge in [-0.3, -0.25) is 0 Å². The zero-order valence-corrected chi connectivity index (χ0v) is 19.9. The Bertz CT molecular complexity index is 851. The molecule has 0 aliphatic carbocycles. The maximum absolute atomic E-state index is 5.80. The molecule has 0 aromatic heterocycles. The van der Waals surface area contributed by atoms with Crippen molar-refractivity contribution in [3.8, 4) is 17.2 Å². The molecule has 0 saturated carbocycles. The molecule has 168 valence electrons. The summed E-state index contributed by atoms with van der Waals surface area (Å²) in [4.78, 5) is 2.59. The fourth-order valence-corrected chi connectivity index (χ4v) is 4.86. The van der Waals surface area contributed by atoms with Crippen LogP contribution >= 0.6 is 15.9 Å². The number of hydrogen-bond donors (Lipinski definition) is 0. The minimum Gasteiger partial charge on any atom is -0.491 e. The molecular weight excluding hydrogens is 458 g/mol.